The predicted molar refractivity (Wildman–Crippen MR) is 99.7 cm³/mol. The average Bonchev–Trinajstić information content (AvgIpc) is 2.56. The molecule has 1 amide bonds. The molecule has 0 saturated carbocycles. The summed E-state index contributed by atoms with van der Waals surface area (Å²) in [5, 5.41) is 3.49. The highest BCUT2D eigenvalue weighted by Crippen LogP contribution is 2.36. The zero-order valence-electron chi connectivity index (χ0n) is 13.5. The molecule has 1 atom stereocenters. The fraction of sp³-hybridized carbons (Fsp3) is 0.353. The first-order valence-electron chi connectivity index (χ1n) is 7.80. The molecule has 126 valence electrons. The lowest BCUT2D eigenvalue weighted by molar-refractivity contribution is -0.116. The van der Waals surface area contributed by atoms with Gasteiger partial charge in [0.15, 0.2) is 5.16 Å². The van der Waals surface area contributed by atoms with E-state index in [2.05, 4.69) is 33.2 Å². The lowest BCUT2D eigenvalue weighted by Crippen LogP contribution is -2.33. The van der Waals surface area contributed by atoms with Gasteiger partial charge in [-0.2, -0.15) is 4.98 Å². The molecule has 3 rings (SSSR count). The molecule has 1 aliphatic heterocycles. The molecule has 1 aliphatic rings. The summed E-state index contributed by atoms with van der Waals surface area (Å²) in [4.78, 5) is 29.1. The summed E-state index contributed by atoms with van der Waals surface area (Å²) in [5.41, 5.74) is 1.25. The van der Waals surface area contributed by atoms with E-state index in [0.29, 0.717) is 16.5 Å². The molecular weight excluding hydrogens is 390 g/mol. The predicted octanol–water partition coefficient (Wildman–Crippen LogP) is 3.52. The second-order valence-corrected chi connectivity index (χ2v) is 7.71. The summed E-state index contributed by atoms with van der Waals surface area (Å²) in [7, 11) is 1.84. The Kier molecular flexibility index (Phi) is 5.10. The molecule has 24 heavy (non-hydrogen) atoms. The monoisotopic (exact) mass is 407 g/mol. The van der Waals surface area contributed by atoms with E-state index in [0.717, 1.165) is 22.2 Å². The van der Waals surface area contributed by atoms with Gasteiger partial charge in [0, 0.05) is 29.6 Å². The van der Waals surface area contributed by atoms with Crippen LogP contribution in [-0.2, 0) is 11.8 Å². The number of hydrogen-bond acceptors (Lipinski definition) is 4. The van der Waals surface area contributed by atoms with Crippen LogP contribution in [0.25, 0.3) is 0 Å². The van der Waals surface area contributed by atoms with Gasteiger partial charge >= 0.3 is 0 Å². The number of carbonyl (C=O) groups excluding carboxylic acids is 1. The van der Waals surface area contributed by atoms with Crippen LogP contribution < -0.4 is 10.9 Å². The van der Waals surface area contributed by atoms with Gasteiger partial charge in [0.25, 0.3) is 5.56 Å². The van der Waals surface area contributed by atoms with E-state index in [1.54, 1.807) is 0 Å². The minimum atomic E-state index is -0.275. The maximum absolute atomic E-state index is 12.7. The molecule has 0 spiro atoms. The van der Waals surface area contributed by atoms with E-state index in [1.807, 2.05) is 35.9 Å². The highest BCUT2D eigenvalue weighted by molar-refractivity contribution is 9.10. The molecular formula is C17H18BrN3O2S. The van der Waals surface area contributed by atoms with Gasteiger partial charge in [0.1, 0.15) is 5.82 Å². The molecule has 1 aromatic heterocycles. The van der Waals surface area contributed by atoms with Crippen molar-refractivity contribution < 1.29 is 4.79 Å². The van der Waals surface area contributed by atoms with Crippen LogP contribution in [0.15, 0.2) is 38.7 Å². The summed E-state index contributed by atoms with van der Waals surface area (Å²) in [6, 6.07) is 7.73. The third-order valence-electron chi connectivity index (χ3n) is 3.99. The molecule has 0 bridgehead atoms. The average molecular weight is 408 g/mol. The Hall–Kier alpha value is -1.60. The normalized spacial score (nSPS) is 16.6. The standard InChI is InChI=1S/C17H18BrN3O2S/c1-3-7-24-17-20-16(23)14-12(10-5-4-6-11(18)8-10)9-13(22)19-15(14)21(17)2/h4-6,8,12H,3,7,9H2,1-2H3,(H,19,22). The zero-order chi connectivity index (χ0) is 17.3. The third kappa shape index (κ3) is 3.28. The Morgan fingerprint density at radius 2 is 2.21 bits per heavy atom. The summed E-state index contributed by atoms with van der Waals surface area (Å²) in [6.45, 7) is 2.08. The lowest BCUT2D eigenvalue weighted by atomic mass is 9.87. The van der Waals surface area contributed by atoms with Crippen molar-refractivity contribution in [1.29, 1.82) is 0 Å². The fourth-order valence-electron chi connectivity index (χ4n) is 2.87. The van der Waals surface area contributed by atoms with Gasteiger partial charge in [0.05, 0.1) is 5.56 Å². The van der Waals surface area contributed by atoms with Crippen molar-refractivity contribution >= 4 is 39.4 Å². The Balaban J connectivity index is 2.14. The number of nitrogens with zero attached hydrogens (tertiary/aromatic N) is 2. The molecule has 7 heteroatoms. The van der Waals surface area contributed by atoms with Crippen LogP contribution >= 0.6 is 27.7 Å². The Labute approximate surface area is 153 Å². The summed E-state index contributed by atoms with van der Waals surface area (Å²) in [6.07, 6.45) is 1.24. The summed E-state index contributed by atoms with van der Waals surface area (Å²) in [5.74, 6) is 1.08. The van der Waals surface area contributed by atoms with Crippen LogP contribution in [0.3, 0.4) is 0 Å². The molecule has 1 N–H and O–H groups in total. The number of nitrogens with one attached hydrogen (secondary N) is 1. The number of aromatic nitrogens is 2. The molecule has 0 aliphatic carbocycles. The first-order valence-corrected chi connectivity index (χ1v) is 9.58. The largest absolute Gasteiger partial charge is 0.312 e. The number of halogens is 1. The Morgan fingerprint density at radius 3 is 2.92 bits per heavy atom. The van der Waals surface area contributed by atoms with Crippen molar-refractivity contribution in [3.63, 3.8) is 0 Å². The molecule has 2 aromatic rings. The molecule has 0 saturated heterocycles. The van der Waals surface area contributed by atoms with Crippen LogP contribution in [-0.4, -0.2) is 21.2 Å². The van der Waals surface area contributed by atoms with Gasteiger partial charge < -0.3 is 9.88 Å². The van der Waals surface area contributed by atoms with Crippen molar-refractivity contribution in [3.05, 3.63) is 50.2 Å². The number of thioether (sulfide) groups is 1. The number of hydrogen-bond donors (Lipinski definition) is 1. The van der Waals surface area contributed by atoms with E-state index >= 15 is 0 Å². The topological polar surface area (TPSA) is 64.0 Å². The van der Waals surface area contributed by atoms with Gasteiger partial charge in [-0.15, -0.1) is 0 Å². The smallest absolute Gasteiger partial charge is 0.279 e. The van der Waals surface area contributed by atoms with E-state index in [1.165, 1.54) is 11.8 Å². The van der Waals surface area contributed by atoms with Crippen LogP contribution in [0.5, 0.6) is 0 Å². The minimum absolute atomic E-state index is 0.0832. The van der Waals surface area contributed by atoms with Crippen LogP contribution in [0.4, 0.5) is 5.82 Å². The quantitative estimate of drug-likeness (QED) is 0.621. The van der Waals surface area contributed by atoms with Gasteiger partial charge in [-0.05, 0) is 24.1 Å². The first-order chi connectivity index (χ1) is 11.5. The maximum atomic E-state index is 12.7. The van der Waals surface area contributed by atoms with Crippen molar-refractivity contribution in [2.45, 2.75) is 30.8 Å². The van der Waals surface area contributed by atoms with Gasteiger partial charge in [-0.1, -0.05) is 46.7 Å². The summed E-state index contributed by atoms with van der Waals surface area (Å²) < 4.78 is 2.74. The Bertz CT molecular complexity index is 850. The van der Waals surface area contributed by atoms with E-state index in [4.69, 9.17) is 0 Å². The van der Waals surface area contributed by atoms with Crippen molar-refractivity contribution in [2.75, 3.05) is 11.1 Å². The van der Waals surface area contributed by atoms with Gasteiger partial charge in [-0.3, -0.25) is 9.59 Å². The van der Waals surface area contributed by atoms with E-state index < -0.39 is 0 Å². The Morgan fingerprint density at radius 1 is 1.42 bits per heavy atom. The van der Waals surface area contributed by atoms with E-state index in [-0.39, 0.29) is 23.8 Å². The number of fused-ring (bicyclic) bond motifs is 1. The lowest BCUT2D eigenvalue weighted by Gasteiger charge is -2.27. The minimum Gasteiger partial charge on any atom is -0.312 e. The zero-order valence-corrected chi connectivity index (χ0v) is 15.9. The number of anilines is 1. The van der Waals surface area contributed by atoms with Crippen LogP contribution in [0.2, 0.25) is 0 Å². The molecule has 5 nitrogen and oxygen atoms in total. The fourth-order valence-corrected chi connectivity index (χ4v) is 4.10. The van der Waals surface area contributed by atoms with E-state index in [9.17, 15) is 9.59 Å². The highest BCUT2D eigenvalue weighted by atomic mass is 79.9. The molecule has 0 radical (unpaired) electrons. The summed E-state index contributed by atoms with van der Waals surface area (Å²) >= 11 is 4.98. The first kappa shape index (κ1) is 17.2. The molecule has 1 aromatic carbocycles. The SMILES string of the molecule is CCCSc1nc(=O)c2c(n1C)NC(=O)CC2c1cccc(Br)c1. The molecule has 0 fully saturated rings. The molecule has 1 unspecified atom stereocenters. The molecule has 2 heterocycles. The number of carbonyl (C=O) groups is 1. The van der Waals surface area contributed by atoms with Crippen molar-refractivity contribution in [1.82, 2.24) is 9.55 Å². The second-order valence-electron chi connectivity index (χ2n) is 5.73. The number of amides is 1. The number of benzene rings is 1. The maximum Gasteiger partial charge on any atom is 0.279 e. The van der Waals surface area contributed by atoms with Crippen LogP contribution in [0, 0.1) is 0 Å². The number of rotatable bonds is 4. The highest BCUT2D eigenvalue weighted by Gasteiger charge is 2.32. The van der Waals surface area contributed by atoms with Crippen molar-refractivity contribution in [2.24, 2.45) is 7.05 Å². The van der Waals surface area contributed by atoms with Crippen molar-refractivity contribution in [3.8, 4) is 0 Å². The van der Waals surface area contributed by atoms with Gasteiger partial charge in [0.2, 0.25) is 5.91 Å². The third-order valence-corrected chi connectivity index (χ3v) is 5.72. The second kappa shape index (κ2) is 7.11. The van der Waals surface area contributed by atoms with Crippen LogP contribution in [0.1, 0.15) is 36.8 Å². The van der Waals surface area contributed by atoms with Gasteiger partial charge in [-0.25, -0.2) is 0 Å².